The normalized spacial score (nSPS) is 13.0. The minimum Gasteiger partial charge on any atom is -0.465 e. The van der Waals surface area contributed by atoms with Gasteiger partial charge in [0.2, 0.25) is 5.24 Å². The van der Waals surface area contributed by atoms with Gasteiger partial charge in [0.1, 0.15) is 34.3 Å². The lowest BCUT2D eigenvalue weighted by Gasteiger charge is -2.32. The molecule has 2 aliphatic rings. The molecule has 0 spiro atoms. The predicted octanol–water partition coefficient (Wildman–Crippen LogP) is 20.2. The van der Waals surface area contributed by atoms with Gasteiger partial charge < -0.3 is 44.0 Å². The molecule has 143 heavy (non-hydrogen) atoms. The highest BCUT2D eigenvalue weighted by Crippen LogP contribution is 2.45. The molecule has 9 aromatic heterocycles. The Kier molecular flexibility index (Phi) is 30.4. The van der Waals surface area contributed by atoms with Gasteiger partial charge in [-0.3, -0.25) is 18.8 Å². The van der Waals surface area contributed by atoms with E-state index in [1.54, 1.807) is 175 Å². The lowest BCUT2D eigenvalue weighted by molar-refractivity contribution is -0.112. The number of esters is 3. The molecular formula is C107H97BClF3IN15O13S2. The third kappa shape index (κ3) is 21.8. The maximum Gasteiger partial charge on any atom is 0.497 e. The van der Waals surface area contributed by atoms with E-state index in [1.165, 1.54) is 68.2 Å². The van der Waals surface area contributed by atoms with Crippen LogP contribution >= 0.6 is 34.2 Å². The van der Waals surface area contributed by atoms with Crippen LogP contribution in [0.4, 0.5) is 30.6 Å². The van der Waals surface area contributed by atoms with Crippen molar-refractivity contribution in [1.29, 1.82) is 0 Å². The maximum atomic E-state index is 16.7. The predicted molar refractivity (Wildman–Crippen MR) is 553 cm³/mol. The highest BCUT2D eigenvalue weighted by molar-refractivity contribution is 14.1. The molecule has 0 bridgehead atoms. The van der Waals surface area contributed by atoms with Crippen molar-refractivity contribution >= 4 is 140 Å². The fourth-order valence-corrected chi connectivity index (χ4v) is 20.9. The molecule has 1 saturated heterocycles. The number of nitrogens with two attached hydrogens (primary N) is 1. The summed E-state index contributed by atoms with van der Waals surface area (Å²) in [5.74, 6) is -2.03. The molecular weight excluding hydrogens is 2000 g/mol. The molecule has 18 aromatic rings. The number of H-pyrrole nitrogens is 1. The first kappa shape index (κ1) is 101. The van der Waals surface area contributed by atoms with Gasteiger partial charge in [0.25, 0.3) is 20.0 Å². The average Bonchev–Trinajstić information content (AvgIpc) is 1.59. The summed E-state index contributed by atoms with van der Waals surface area (Å²) >= 11 is 7.03. The first-order valence-electron chi connectivity index (χ1n) is 45.1. The number of nitrogens with zero attached hydrogens (tertiary/aromatic N) is 13. The van der Waals surface area contributed by atoms with Crippen molar-refractivity contribution in [2.75, 3.05) is 36.9 Å². The number of pyridine rings is 3. The number of anilines is 3. The number of fused-ring (bicyclic) bond motifs is 3. The third-order valence-corrected chi connectivity index (χ3v) is 29.4. The molecule has 3 N–H and O–H groups in total. The number of hydrogen-bond donors (Lipinski definition) is 2. The number of aromatic nitrogens is 12. The van der Waals surface area contributed by atoms with Crippen LogP contribution in [-0.4, -0.2) is 137 Å². The molecule has 0 amide bonds. The molecule has 36 heteroatoms. The zero-order valence-electron chi connectivity index (χ0n) is 79.2. The van der Waals surface area contributed by atoms with E-state index in [1.807, 2.05) is 187 Å². The van der Waals surface area contributed by atoms with Gasteiger partial charge in [-0.2, -0.15) is 15.3 Å². The Morgan fingerprint density at radius 3 is 1.20 bits per heavy atom. The van der Waals surface area contributed by atoms with E-state index < -0.39 is 67.9 Å². The van der Waals surface area contributed by atoms with Gasteiger partial charge in [-0.05, 0) is 152 Å². The molecule has 728 valence electrons. The summed E-state index contributed by atoms with van der Waals surface area (Å²) in [7, 11) is -0.0152. The number of hydrogen-bond acceptors (Lipinski definition) is 22. The summed E-state index contributed by atoms with van der Waals surface area (Å²) in [5, 5.41) is 13.4. The Balaban J connectivity index is 0.000000140. The second-order valence-electron chi connectivity index (χ2n) is 34.8. The van der Waals surface area contributed by atoms with Crippen molar-refractivity contribution in [3.05, 3.63) is 371 Å². The Labute approximate surface area is 842 Å². The Morgan fingerprint density at radius 2 is 0.811 bits per heavy atom. The fourth-order valence-electron chi connectivity index (χ4n) is 16.4. The van der Waals surface area contributed by atoms with Crippen molar-refractivity contribution in [3.63, 3.8) is 0 Å². The number of halogens is 5. The van der Waals surface area contributed by atoms with Crippen LogP contribution in [0.25, 0.3) is 88.6 Å². The molecule has 1 aliphatic carbocycles. The molecule has 0 atom stereocenters. The molecule has 20 rings (SSSR count). The van der Waals surface area contributed by atoms with Crippen LogP contribution in [0, 0.1) is 27.1 Å². The van der Waals surface area contributed by atoms with Gasteiger partial charge in [0, 0.05) is 162 Å². The van der Waals surface area contributed by atoms with Crippen LogP contribution < -0.4 is 21.0 Å². The number of carbonyl (C=O) groups excluding carboxylic acids is 4. The first-order chi connectivity index (χ1) is 68.7. The Morgan fingerprint density at radius 1 is 0.462 bits per heavy atom. The zero-order valence-corrected chi connectivity index (χ0v) is 83.8. The molecule has 2 fully saturated rings. The number of carbonyl (C=O) groups is 4. The summed E-state index contributed by atoms with van der Waals surface area (Å²) in [6, 6.07) is 75.5. The third-order valence-electron chi connectivity index (χ3n) is 24.5. The molecule has 0 unspecified atom stereocenters. The first-order valence-corrected chi connectivity index (χ1v) is 49.4. The van der Waals surface area contributed by atoms with E-state index in [0.29, 0.717) is 96.5 Å². The standard InChI is InChI=1S/C39H32FN5O4S.C29H24IN3O4S.C19H16FN5O2.C16H20BFN2O2.C4H5ClO/c1-43-26-29(22-42-43)31-19-12-20-32(36(31)40)35-21-33-34(39(46)49-2)23-41-38(37(33)45(35)50(47,48)30-17-10-5-11-18-30)44(24-27-13-6-3-7-14-27)25-28-15-8-4-9-16-28;1-37-29(34)25-18-31-28(32(19-21-11-5-2-6-12-21)20-22-13-7-3-8-14-22)27-24(25)17-26(30)33(27)38(35,36)23-15-9-4-10-16-23;1-25-9-10(7-23-25)11-4-3-5-12(16(11)20)15-6-13-14(19(26)27-2)8-22-18(21)17(13)24-15;1-15(2)16(3,4)22-17(21-15)13-8-6-7-12(14(13)18)11-9-19-20(5)10-11;5-4(6)3-1-2-3/h3-23,26H,24-25H2,1-2H3;2-18H,19-20H2,1H3;3-9,24H,1-2H3,(H2,21,22);6-10H,1-5H3;3H,1-2H2. The van der Waals surface area contributed by atoms with Crippen LogP contribution in [0.5, 0.6) is 0 Å². The van der Waals surface area contributed by atoms with E-state index in [9.17, 15) is 40.4 Å². The maximum absolute atomic E-state index is 16.7. The summed E-state index contributed by atoms with van der Waals surface area (Å²) in [6.45, 7) is 9.47. The van der Waals surface area contributed by atoms with E-state index in [0.717, 1.165) is 44.6 Å². The van der Waals surface area contributed by atoms with Crippen LogP contribution in [0.3, 0.4) is 0 Å². The van der Waals surface area contributed by atoms with E-state index in [4.69, 9.17) is 45.8 Å². The summed E-state index contributed by atoms with van der Waals surface area (Å²) < 4.78 is 139. The van der Waals surface area contributed by atoms with Gasteiger partial charge in [0.05, 0.1) is 92.5 Å². The van der Waals surface area contributed by atoms with Crippen LogP contribution in [0.2, 0.25) is 0 Å². The number of nitrogen functional groups attached to an aromatic ring is 1. The fraction of sp³-hybridized carbons (Fsp3) is 0.178. The number of ether oxygens (including phenoxy) is 3. The number of rotatable bonds is 24. The molecule has 1 saturated carbocycles. The highest BCUT2D eigenvalue weighted by Gasteiger charge is 2.53. The largest absolute Gasteiger partial charge is 0.497 e. The number of aromatic amines is 1. The topological polar surface area (TPSA) is 333 Å². The van der Waals surface area contributed by atoms with Crippen LogP contribution in [0.1, 0.15) is 93.9 Å². The van der Waals surface area contributed by atoms with Gasteiger partial charge in [-0.15, -0.1) is 0 Å². The van der Waals surface area contributed by atoms with Crippen molar-refractivity contribution in [1.82, 2.24) is 57.2 Å². The van der Waals surface area contributed by atoms with E-state index in [2.05, 4.69) is 30.2 Å². The summed E-state index contributed by atoms with van der Waals surface area (Å²) in [4.78, 5) is 68.6. The number of methoxy groups -OCH3 is 3. The lowest BCUT2D eigenvalue weighted by Crippen LogP contribution is -2.41. The van der Waals surface area contributed by atoms with Gasteiger partial charge in [-0.25, -0.2) is 67.3 Å². The number of benzene rings is 9. The average molecular weight is 2100 g/mol. The monoisotopic (exact) mass is 2090 g/mol. The van der Waals surface area contributed by atoms with Gasteiger partial charge >= 0.3 is 25.0 Å². The van der Waals surface area contributed by atoms with E-state index in [-0.39, 0.29) is 82.8 Å². The van der Waals surface area contributed by atoms with Crippen molar-refractivity contribution in [2.24, 2.45) is 27.1 Å². The van der Waals surface area contributed by atoms with Crippen molar-refractivity contribution < 1.29 is 72.7 Å². The second-order valence-corrected chi connectivity index (χ2v) is 39.8. The zero-order chi connectivity index (χ0) is 101. The second kappa shape index (κ2) is 43.1. The van der Waals surface area contributed by atoms with Crippen molar-refractivity contribution in [3.8, 4) is 55.9 Å². The molecule has 9 aromatic carbocycles. The lowest BCUT2D eigenvalue weighted by atomic mass is 9.77. The van der Waals surface area contributed by atoms with Gasteiger partial charge in [0.15, 0.2) is 11.6 Å². The Bertz CT molecular complexity index is 7880. The number of aryl methyl sites for hydroxylation is 3. The van der Waals surface area contributed by atoms with Crippen LogP contribution in [0.15, 0.2) is 320 Å². The van der Waals surface area contributed by atoms with Crippen LogP contribution in [-0.2, 0) is 95.7 Å². The molecule has 0 radical (unpaired) electrons. The highest BCUT2D eigenvalue weighted by atomic mass is 127. The Hall–Kier alpha value is -15.1. The number of nitrogens with one attached hydrogen (secondary N) is 1. The van der Waals surface area contributed by atoms with Gasteiger partial charge in [-0.1, -0.05) is 200 Å². The quantitative estimate of drug-likeness (QED) is 0.0187. The van der Waals surface area contributed by atoms with E-state index >= 15 is 8.78 Å². The summed E-state index contributed by atoms with van der Waals surface area (Å²) in [6.07, 6.45) is 16.2. The minimum atomic E-state index is -4.43. The summed E-state index contributed by atoms with van der Waals surface area (Å²) in [5.41, 5.74) is 14.7. The molecule has 1 aliphatic heterocycles. The SMILES string of the molecule is COC(=O)c1cnc(N(Cc2ccccc2)Cc2ccccc2)c2c1cc(-c1cccc(-c3cnn(C)c3)c1F)n2S(=O)(=O)c1ccccc1.COC(=O)c1cnc(N(Cc2ccccc2)Cc2ccccc2)c2c1cc(I)n2S(=O)(=O)c1ccccc1.COC(=O)c1cnc(N)c2[nH]c(-c3cccc(-c4cnn(C)c4)c3F)cc12.Cn1cc(-c2cccc(B3OC(C)(C)C(C)(C)O3)c2F)cn1.O=C(Cl)C1CC1. The molecule has 10 heterocycles. The van der Waals surface area contributed by atoms with Crippen molar-refractivity contribution in [2.45, 2.75) is 87.7 Å². The smallest absolute Gasteiger partial charge is 0.465 e. The minimum absolute atomic E-state index is 0.0153. The molecule has 28 nitrogen and oxygen atoms in total.